The third-order valence-corrected chi connectivity index (χ3v) is 2.72. The number of rotatable bonds is 2. The van der Waals surface area contributed by atoms with Gasteiger partial charge >= 0.3 is 0 Å². The van der Waals surface area contributed by atoms with E-state index in [1.54, 1.807) is 0 Å². The van der Waals surface area contributed by atoms with Crippen molar-refractivity contribution >= 4 is 11.5 Å². The molecule has 1 aliphatic heterocycles. The summed E-state index contributed by atoms with van der Waals surface area (Å²) >= 11 is 0. The van der Waals surface area contributed by atoms with Gasteiger partial charge < -0.3 is 5.32 Å². The molecule has 1 aromatic heterocycles. The molecule has 0 unspecified atom stereocenters. The molecular weight excluding hydrogens is 194 g/mol. The van der Waals surface area contributed by atoms with E-state index in [2.05, 4.69) is 10.3 Å². The average Bonchev–Trinajstić information content (AvgIpc) is 2.27. The average molecular weight is 207 g/mol. The van der Waals surface area contributed by atoms with Crippen LogP contribution < -0.4 is 5.32 Å². The van der Waals surface area contributed by atoms with Crippen LogP contribution in [0.2, 0.25) is 0 Å². The maximum atomic E-state index is 10.8. The summed E-state index contributed by atoms with van der Waals surface area (Å²) in [7, 11) is 0. The first-order valence-electron chi connectivity index (χ1n) is 5.13. The van der Waals surface area contributed by atoms with Crippen LogP contribution in [0.1, 0.15) is 24.5 Å². The lowest BCUT2D eigenvalue weighted by atomic mass is 9.98. The smallest absolute Gasteiger partial charge is 0.291 e. The number of nitrogens with zero attached hydrogens (tertiary/aromatic N) is 2. The lowest BCUT2D eigenvalue weighted by molar-refractivity contribution is -0.385. The summed E-state index contributed by atoms with van der Waals surface area (Å²) in [6.45, 7) is 2.85. The molecule has 1 N–H and O–H groups in total. The zero-order chi connectivity index (χ0) is 10.8. The Balaban J connectivity index is 2.56. The fourth-order valence-electron chi connectivity index (χ4n) is 2.02. The summed E-state index contributed by atoms with van der Waals surface area (Å²) in [5, 5.41) is 14.0. The van der Waals surface area contributed by atoms with Gasteiger partial charge in [0.2, 0.25) is 0 Å². The van der Waals surface area contributed by atoms with Gasteiger partial charge in [0, 0.05) is 17.7 Å². The van der Waals surface area contributed by atoms with Crippen LogP contribution in [0.4, 0.5) is 11.5 Å². The highest BCUT2D eigenvalue weighted by molar-refractivity contribution is 5.57. The van der Waals surface area contributed by atoms with E-state index in [1.165, 1.54) is 6.20 Å². The molecule has 0 fully saturated rings. The van der Waals surface area contributed by atoms with Crippen molar-refractivity contribution in [3.05, 3.63) is 27.4 Å². The molecule has 15 heavy (non-hydrogen) atoms. The maximum Gasteiger partial charge on any atom is 0.291 e. The molecule has 2 heterocycles. The van der Waals surface area contributed by atoms with Crippen LogP contribution in [0.5, 0.6) is 0 Å². The number of aromatic nitrogens is 1. The van der Waals surface area contributed by atoms with E-state index in [0.29, 0.717) is 6.42 Å². The van der Waals surface area contributed by atoms with Gasteiger partial charge in [-0.1, -0.05) is 6.92 Å². The van der Waals surface area contributed by atoms with Gasteiger partial charge in [0.1, 0.15) is 12.0 Å². The van der Waals surface area contributed by atoms with Gasteiger partial charge in [-0.05, 0) is 19.3 Å². The van der Waals surface area contributed by atoms with Crippen LogP contribution >= 0.6 is 0 Å². The molecule has 2 rings (SSSR count). The highest BCUT2D eigenvalue weighted by atomic mass is 16.6. The molecule has 0 saturated heterocycles. The highest BCUT2D eigenvalue weighted by Crippen LogP contribution is 2.30. The predicted octanol–water partition coefficient (Wildman–Crippen LogP) is 1.91. The summed E-state index contributed by atoms with van der Waals surface area (Å²) in [6.07, 6.45) is 3.95. The number of nitrogens with one attached hydrogen (secondary N) is 1. The van der Waals surface area contributed by atoms with E-state index in [-0.39, 0.29) is 10.6 Å². The molecule has 0 radical (unpaired) electrons. The molecule has 0 atom stereocenters. The van der Waals surface area contributed by atoms with Gasteiger partial charge in [0.25, 0.3) is 5.69 Å². The van der Waals surface area contributed by atoms with Crippen molar-refractivity contribution in [3.63, 3.8) is 0 Å². The monoisotopic (exact) mass is 207 g/mol. The van der Waals surface area contributed by atoms with Crippen molar-refractivity contribution in [1.82, 2.24) is 4.98 Å². The second-order valence-corrected chi connectivity index (χ2v) is 3.59. The molecule has 5 heteroatoms. The zero-order valence-electron chi connectivity index (χ0n) is 8.62. The van der Waals surface area contributed by atoms with Crippen molar-refractivity contribution in [2.24, 2.45) is 0 Å². The third-order valence-electron chi connectivity index (χ3n) is 2.72. The van der Waals surface area contributed by atoms with Crippen LogP contribution in [0.25, 0.3) is 0 Å². The van der Waals surface area contributed by atoms with Crippen LogP contribution in [0, 0.1) is 10.1 Å². The number of pyridine rings is 1. The van der Waals surface area contributed by atoms with Gasteiger partial charge in [-0.3, -0.25) is 10.1 Å². The molecular formula is C10H13N3O2. The lowest BCUT2D eigenvalue weighted by Gasteiger charge is -2.19. The quantitative estimate of drug-likeness (QED) is 0.594. The van der Waals surface area contributed by atoms with Crippen molar-refractivity contribution in [1.29, 1.82) is 0 Å². The highest BCUT2D eigenvalue weighted by Gasteiger charge is 2.21. The van der Waals surface area contributed by atoms with Gasteiger partial charge in [0.05, 0.1) is 4.92 Å². The van der Waals surface area contributed by atoms with E-state index >= 15 is 0 Å². The van der Waals surface area contributed by atoms with Crippen molar-refractivity contribution in [2.45, 2.75) is 26.2 Å². The third kappa shape index (κ3) is 1.65. The largest absolute Gasteiger partial charge is 0.370 e. The molecule has 0 amide bonds. The second kappa shape index (κ2) is 3.84. The lowest BCUT2D eigenvalue weighted by Crippen LogP contribution is -2.16. The maximum absolute atomic E-state index is 10.8. The number of nitro groups is 1. The second-order valence-electron chi connectivity index (χ2n) is 3.59. The summed E-state index contributed by atoms with van der Waals surface area (Å²) in [5.41, 5.74) is 2.01. The van der Waals surface area contributed by atoms with Gasteiger partial charge in [-0.2, -0.15) is 0 Å². The Hall–Kier alpha value is -1.65. The zero-order valence-corrected chi connectivity index (χ0v) is 8.62. The van der Waals surface area contributed by atoms with E-state index in [9.17, 15) is 10.1 Å². The minimum atomic E-state index is -0.347. The number of hydrogen-bond acceptors (Lipinski definition) is 4. The van der Waals surface area contributed by atoms with Gasteiger partial charge in [-0.15, -0.1) is 0 Å². The van der Waals surface area contributed by atoms with Crippen LogP contribution in [-0.2, 0) is 12.8 Å². The van der Waals surface area contributed by atoms with Crippen LogP contribution in [0.15, 0.2) is 6.20 Å². The van der Waals surface area contributed by atoms with Crippen molar-refractivity contribution < 1.29 is 4.92 Å². The molecule has 1 aliphatic rings. The first-order chi connectivity index (χ1) is 7.24. The minimum Gasteiger partial charge on any atom is -0.370 e. The standard InChI is InChI=1S/C10H13N3O2/c1-2-7-8-4-3-5-11-10(8)12-6-9(7)13(14)15/h6H,2-5H2,1H3,(H,11,12). The topological polar surface area (TPSA) is 68.1 Å². The van der Waals surface area contributed by atoms with E-state index < -0.39 is 0 Å². The summed E-state index contributed by atoms with van der Waals surface area (Å²) in [4.78, 5) is 14.6. The molecule has 0 aromatic carbocycles. The number of hydrogen-bond donors (Lipinski definition) is 1. The summed E-state index contributed by atoms with van der Waals surface area (Å²) < 4.78 is 0. The Kier molecular flexibility index (Phi) is 2.53. The molecule has 0 spiro atoms. The SMILES string of the molecule is CCc1c([N+](=O)[O-])cnc2c1CCCN2. The molecule has 0 aliphatic carbocycles. The van der Waals surface area contributed by atoms with Crippen LogP contribution in [-0.4, -0.2) is 16.5 Å². The first-order valence-corrected chi connectivity index (χ1v) is 5.13. The minimum absolute atomic E-state index is 0.153. The Morgan fingerprint density at radius 2 is 2.47 bits per heavy atom. The predicted molar refractivity (Wildman–Crippen MR) is 57.1 cm³/mol. The number of anilines is 1. The van der Waals surface area contributed by atoms with Crippen molar-refractivity contribution in [2.75, 3.05) is 11.9 Å². The molecule has 0 bridgehead atoms. The van der Waals surface area contributed by atoms with E-state index in [0.717, 1.165) is 36.3 Å². The Labute approximate surface area is 87.7 Å². The molecule has 5 nitrogen and oxygen atoms in total. The van der Waals surface area contributed by atoms with Gasteiger partial charge in [0.15, 0.2) is 0 Å². The van der Waals surface area contributed by atoms with E-state index in [4.69, 9.17) is 0 Å². The van der Waals surface area contributed by atoms with Gasteiger partial charge in [-0.25, -0.2) is 4.98 Å². The molecule has 1 aromatic rings. The normalized spacial score (nSPS) is 14.2. The summed E-state index contributed by atoms with van der Waals surface area (Å²) in [5.74, 6) is 0.823. The van der Waals surface area contributed by atoms with E-state index in [1.807, 2.05) is 6.92 Å². The Morgan fingerprint density at radius 1 is 1.67 bits per heavy atom. The fraction of sp³-hybridized carbons (Fsp3) is 0.500. The van der Waals surface area contributed by atoms with Crippen molar-refractivity contribution in [3.8, 4) is 0 Å². The number of fused-ring (bicyclic) bond motifs is 1. The molecule has 0 saturated carbocycles. The Bertz CT molecular complexity index is 404. The molecule has 80 valence electrons. The van der Waals surface area contributed by atoms with Crippen LogP contribution in [0.3, 0.4) is 0 Å². The summed E-state index contributed by atoms with van der Waals surface area (Å²) in [6, 6.07) is 0. The first kappa shape index (κ1) is 9.89. The Morgan fingerprint density at radius 3 is 3.13 bits per heavy atom. The fourth-order valence-corrected chi connectivity index (χ4v) is 2.02.